The van der Waals surface area contributed by atoms with Gasteiger partial charge in [0.05, 0.1) is 27.7 Å². The van der Waals surface area contributed by atoms with E-state index in [1.165, 1.54) is 13.0 Å². The summed E-state index contributed by atoms with van der Waals surface area (Å²) in [4.78, 5) is 0. The molecule has 0 aliphatic heterocycles. The van der Waals surface area contributed by atoms with Crippen molar-refractivity contribution in [2.45, 2.75) is 20.8 Å². The highest BCUT2D eigenvalue weighted by Crippen LogP contribution is 1.90. The summed E-state index contributed by atoms with van der Waals surface area (Å²) in [5, 5.41) is 0. The van der Waals surface area contributed by atoms with Gasteiger partial charge in [0.1, 0.15) is 0 Å². The Bertz CT molecular complexity index is 42.8. The molecule has 0 spiro atoms. The number of hydrogen-bond donors (Lipinski definition) is 0. The Morgan fingerprint density at radius 3 is 1.50 bits per heavy atom. The van der Waals surface area contributed by atoms with Gasteiger partial charge in [-0.05, 0) is 6.42 Å². The molecule has 0 bridgehead atoms. The van der Waals surface area contributed by atoms with E-state index in [0.29, 0.717) is 0 Å². The molecule has 52 valence electrons. The van der Waals surface area contributed by atoms with Gasteiger partial charge in [-0.2, -0.15) is 0 Å². The Morgan fingerprint density at radius 2 is 1.50 bits per heavy atom. The van der Waals surface area contributed by atoms with Gasteiger partial charge < -0.3 is 4.48 Å². The summed E-state index contributed by atoms with van der Waals surface area (Å²) in [7, 11) is 6.64. The van der Waals surface area contributed by atoms with Crippen molar-refractivity contribution in [1.82, 2.24) is 0 Å². The van der Waals surface area contributed by atoms with Crippen molar-refractivity contribution in [3.63, 3.8) is 0 Å². The highest BCUT2D eigenvalue weighted by atomic mass is 16.2. The van der Waals surface area contributed by atoms with E-state index < -0.39 is 0 Å². The van der Waals surface area contributed by atoms with Crippen LogP contribution in [0, 0.1) is 0 Å². The van der Waals surface area contributed by atoms with E-state index >= 15 is 0 Å². The molecule has 0 N–H and O–H groups in total. The first-order chi connectivity index (χ1) is 3.06. The largest absolute Gasteiger partial charge is 0.331 e. The molecule has 0 rings (SSSR count). The summed E-state index contributed by atoms with van der Waals surface area (Å²) >= 11 is 0. The van der Waals surface area contributed by atoms with E-state index in [1.54, 1.807) is 0 Å². The fourth-order valence-corrected chi connectivity index (χ4v) is 0.671. The predicted molar refractivity (Wildman–Crippen MR) is 39.9 cm³/mol. The molecule has 0 saturated carbocycles. The highest BCUT2D eigenvalue weighted by Gasteiger charge is 2.01. The summed E-state index contributed by atoms with van der Waals surface area (Å²) < 4.78 is 1.09. The van der Waals surface area contributed by atoms with Crippen molar-refractivity contribution < 1.29 is 4.48 Å². The average Bonchev–Trinajstić information content (AvgIpc) is 1.30. The van der Waals surface area contributed by atoms with Gasteiger partial charge in [-0.3, -0.25) is 0 Å². The first kappa shape index (κ1) is 10.9. The number of hydrogen-bond acceptors (Lipinski definition) is 0. The Morgan fingerprint density at radius 1 is 1.12 bits per heavy atom. The lowest BCUT2D eigenvalue weighted by molar-refractivity contribution is -0.870. The van der Waals surface area contributed by atoms with Crippen LogP contribution in [0.4, 0.5) is 0 Å². The van der Waals surface area contributed by atoms with Crippen LogP contribution in [-0.2, 0) is 0 Å². The molecule has 0 aliphatic carbocycles. The lowest BCUT2D eigenvalue weighted by atomic mass is 10.5. The molecule has 0 aromatic heterocycles. The minimum Gasteiger partial charge on any atom is -0.331 e. The van der Waals surface area contributed by atoms with Crippen molar-refractivity contribution in [2.75, 3.05) is 27.7 Å². The lowest BCUT2D eigenvalue weighted by Gasteiger charge is -2.22. The van der Waals surface area contributed by atoms with Crippen molar-refractivity contribution >= 4 is 0 Å². The van der Waals surface area contributed by atoms with Crippen molar-refractivity contribution in [2.24, 2.45) is 0 Å². The highest BCUT2D eigenvalue weighted by molar-refractivity contribution is 4.20. The van der Waals surface area contributed by atoms with Gasteiger partial charge in [0.15, 0.2) is 0 Å². The zero-order valence-electron chi connectivity index (χ0n) is 5.86. The van der Waals surface area contributed by atoms with Gasteiger partial charge in [-0.15, -0.1) is 0 Å². The molecular weight excluding hydrogens is 102 g/mol. The zero-order chi connectivity index (χ0) is 5.91. The quantitative estimate of drug-likeness (QED) is 0.297. The fraction of sp³-hybridized carbons (Fsp3) is 1.00. The third-order valence-electron chi connectivity index (χ3n) is 0.894. The number of nitrogens with zero attached hydrogens (tertiary/aromatic N) is 1. The average molecular weight is 122 g/mol. The molecule has 0 atom stereocenters. The van der Waals surface area contributed by atoms with E-state index in [1.807, 2.05) is 0 Å². The molecule has 1 heteroatoms. The summed E-state index contributed by atoms with van der Waals surface area (Å²) in [6.45, 7) is 3.49. The standard InChI is InChI=1S/C6H16N.CH4/c1-5-6-7(2,3)4;/h5-6H2,1-4H3;1H4/q+1;/i2+1,3+1,4+1,7+1;. The molecule has 0 aliphatic rings. The van der Waals surface area contributed by atoms with E-state index in [9.17, 15) is 0 Å². The minimum atomic E-state index is 0. The maximum absolute atomic E-state index is 2.21. The van der Waals surface area contributed by atoms with E-state index in [2.05, 4.69) is 28.1 Å². The number of rotatable bonds is 2. The Kier molecular flexibility index (Phi) is 5.29. The second-order valence-electron chi connectivity index (χ2n) is 3.01. The van der Waals surface area contributed by atoms with Crippen molar-refractivity contribution in [3.8, 4) is 0 Å². The van der Waals surface area contributed by atoms with Gasteiger partial charge in [0.25, 0.3) is 0 Å². The topological polar surface area (TPSA) is 0 Å². The molecule has 0 unspecified atom stereocenters. The summed E-state index contributed by atoms with van der Waals surface area (Å²) in [5.74, 6) is 0. The molecule has 0 radical (unpaired) electrons. The molecule has 0 aromatic carbocycles. The van der Waals surface area contributed by atoms with E-state index in [4.69, 9.17) is 0 Å². The van der Waals surface area contributed by atoms with E-state index in [-0.39, 0.29) is 7.43 Å². The molecule has 8 heavy (non-hydrogen) atoms. The van der Waals surface area contributed by atoms with Crippen molar-refractivity contribution in [3.05, 3.63) is 0 Å². The van der Waals surface area contributed by atoms with Crippen LogP contribution in [0.3, 0.4) is 0 Å². The lowest BCUT2D eigenvalue weighted by Crippen LogP contribution is -2.34. The second kappa shape index (κ2) is 3.90. The van der Waals surface area contributed by atoms with Crippen LogP contribution in [0.15, 0.2) is 0 Å². The van der Waals surface area contributed by atoms with Gasteiger partial charge in [-0.1, -0.05) is 14.4 Å². The third kappa shape index (κ3) is 9.35. The molecule has 0 amide bonds. The Balaban J connectivity index is 0. The van der Waals surface area contributed by atoms with Gasteiger partial charge in [-0.25, -0.2) is 0 Å². The van der Waals surface area contributed by atoms with Crippen LogP contribution in [0.2, 0.25) is 0 Å². The summed E-state index contributed by atoms with van der Waals surface area (Å²) in [6.07, 6.45) is 1.28. The predicted octanol–water partition coefficient (Wildman–Crippen LogP) is 1.74. The van der Waals surface area contributed by atoms with Crippen LogP contribution in [-0.4, -0.2) is 32.2 Å². The summed E-state index contributed by atoms with van der Waals surface area (Å²) in [6, 6.07) is 0. The van der Waals surface area contributed by atoms with Gasteiger partial charge >= 0.3 is 0 Å². The third-order valence-corrected chi connectivity index (χ3v) is 0.894. The maximum atomic E-state index is 2.21. The van der Waals surface area contributed by atoms with Crippen LogP contribution in [0.5, 0.6) is 0 Å². The molecule has 0 heterocycles. The monoisotopic (exact) mass is 122 g/mol. The SMILES string of the molecule is C.CCC[15N+]([13CH3])([13CH3])[13CH3]. The van der Waals surface area contributed by atoms with Crippen LogP contribution >= 0.6 is 0 Å². The van der Waals surface area contributed by atoms with Crippen LogP contribution < -0.4 is 0 Å². The minimum absolute atomic E-state index is 0. The molecule has 0 saturated heterocycles. The molecule has 1 nitrogen and oxygen atoms in total. The summed E-state index contributed by atoms with van der Waals surface area (Å²) in [5.41, 5.74) is 0. The maximum Gasteiger partial charge on any atom is 0.0777 e. The second-order valence-corrected chi connectivity index (χ2v) is 3.01. The van der Waals surface area contributed by atoms with Crippen LogP contribution in [0.25, 0.3) is 0 Å². The first-order valence-electron chi connectivity index (χ1n) is 2.86. The zero-order valence-corrected chi connectivity index (χ0v) is 5.86. The first-order valence-corrected chi connectivity index (χ1v) is 2.86. The van der Waals surface area contributed by atoms with Gasteiger partial charge in [0, 0.05) is 0 Å². The molecule has 0 fully saturated rings. The Hall–Kier alpha value is -0.0400. The molecule has 0 aromatic rings. The Labute approximate surface area is 53.9 Å². The van der Waals surface area contributed by atoms with Crippen molar-refractivity contribution in [1.29, 1.82) is 0 Å². The van der Waals surface area contributed by atoms with Crippen LogP contribution in [0.1, 0.15) is 20.8 Å². The number of quaternary nitrogens is 1. The normalized spacial score (nSPS) is 10.5. The smallest absolute Gasteiger partial charge is 0.0777 e. The van der Waals surface area contributed by atoms with Gasteiger partial charge in [0.2, 0.25) is 0 Å². The molecular formula is C7H20N+. The van der Waals surface area contributed by atoms with E-state index in [0.717, 1.165) is 4.48 Å². The fourth-order valence-electron chi connectivity index (χ4n) is 0.671.